The first-order valence-electron chi connectivity index (χ1n) is 13.3. The average Bonchev–Trinajstić information content (AvgIpc) is 3.53. The van der Waals surface area contributed by atoms with Crippen molar-refractivity contribution < 1.29 is 4.74 Å². The fourth-order valence-electron chi connectivity index (χ4n) is 5.70. The Labute approximate surface area is 209 Å². The second-order valence-corrected chi connectivity index (χ2v) is 10.2. The number of benzene rings is 1. The minimum Gasteiger partial charge on any atom is -0.494 e. The van der Waals surface area contributed by atoms with E-state index in [1.165, 1.54) is 31.6 Å². The molecular weight excluding hydrogens is 436 g/mol. The zero-order valence-corrected chi connectivity index (χ0v) is 21.6. The van der Waals surface area contributed by atoms with E-state index in [4.69, 9.17) is 14.8 Å². The molecular formula is C28H40N6O. The van der Waals surface area contributed by atoms with Crippen LogP contribution in [0.25, 0.3) is 10.9 Å². The van der Waals surface area contributed by atoms with Crippen LogP contribution in [0.2, 0.25) is 0 Å². The number of likely N-dealkylation sites (tertiary alicyclic amines) is 1. The van der Waals surface area contributed by atoms with Crippen LogP contribution in [0.1, 0.15) is 57.3 Å². The third-order valence-electron chi connectivity index (χ3n) is 7.64. The van der Waals surface area contributed by atoms with Gasteiger partial charge in [-0.05, 0) is 76.9 Å². The van der Waals surface area contributed by atoms with Crippen molar-refractivity contribution >= 4 is 16.6 Å². The molecule has 0 N–H and O–H groups in total. The van der Waals surface area contributed by atoms with E-state index < -0.39 is 0 Å². The van der Waals surface area contributed by atoms with Gasteiger partial charge in [0.05, 0.1) is 24.4 Å². The molecule has 0 spiro atoms. The molecule has 0 bridgehead atoms. The second-order valence-electron chi connectivity index (χ2n) is 10.2. The van der Waals surface area contributed by atoms with Crippen LogP contribution in [-0.2, 0) is 0 Å². The summed E-state index contributed by atoms with van der Waals surface area (Å²) in [7, 11) is 1.76. The van der Waals surface area contributed by atoms with E-state index in [1.807, 2.05) is 12.3 Å². The lowest BCUT2D eigenvalue weighted by Gasteiger charge is -2.31. The molecule has 0 amide bonds. The van der Waals surface area contributed by atoms with Crippen molar-refractivity contribution in [1.82, 2.24) is 24.6 Å². The third kappa shape index (κ3) is 5.31. The van der Waals surface area contributed by atoms with Gasteiger partial charge in [0.1, 0.15) is 11.4 Å². The minimum absolute atomic E-state index is 0.350. The maximum atomic E-state index is 5.80. The third-order valence-corrected chi connectivity index (χ3v) is 7.64. The summed E-state index contributed by atoms with van der Waals surface area (Å²) >= 11 is 0. The molecule has 1 atom stereocenters. The lowest BCUT2D eigenvalue weighted by Crippen LogP contribution is -2.36. The number of anilines is 1. The SMILES string of the molecule is COc1ccc2cccnc2c1N1CCCN(C(CCN2CCCC2)c2ccn(C(C)C)n2)CC1. The van der Waals surface area contributed by atoms with Crippen LogP contribution in [0.4, 0.5) is 5.69 Å². The van der Waals surface area contributed by atoms with E-state index in [1.54, 1.807) is 7.11 Å². The quantitative estimate of drug-likeness (QED) is 0.467. The van der Waals surface area contributed by atoms with E-state index in [9.17, 15) is 0 Å². The first kappa shape index (κ1) is 24.1. The first-order chi connectivity index (χ1) is 17.1. The van der Waals surface area contributed by atoms with Crippen LogP contribution in [0.5, 0.6) is 5.75 Å². The minimum atomic E-state index is 0.350. The second kappa shape index (κ2) is 11.0. The lowest BCUT2D eigenvalue weighted by atomic mass is 10.1. The number of nitrogens with zero attached hydrogens (tertiary/aromatic N) is 6. The van der Waals surface area contributed by atoms with Gasteiger partial charge in [0.2, 0.25) is 0 Å². The first-order valence-corrected chi connectivity index (χ1v) is 13.3. The normalized spacial score (nSPS) is 18.9. The Morgan fingerprint density at radius 1 is 0.943 bits per heavy atom. The fourth-order valence-corrected chi connectivity index (χ4v) is 5.70. The van der Waals surface area contributed by atoms with Crippen molar-refractivity contribution in [2.45, 2.75) is 51.6 Å². The fraction of sp³-hybridized carbons (Fsp3) is 0.571. The standard InChI is InChI=1S/C28H40N6O/c1-22(2)34-19-11-24(30-34)25(12-18-31-14-4-5-15-31)32-16-7-17-33(21-20-32)28-26(35-3)10-9-23-8-6-13-29-27(23)28/h6,8-11,13,19,22,25H,4-5,7,12,14-18,20-21H2,1-3H3. The maximum absolute atomic E-state index is 5.80. The van der Waals surface area contributed by atoms with Gasteiger partial charge in [-0.1, -0.05) is 6.07 Å². The molecule has 2 aromatic heterocycles. The van der Waals surface area contributed by atoms with Crippen molar-refractivity contribution in [3.8, 4) is 5.75 Å². The van der Waals surface area contributed by atoms with Gasteiger partial charge in [-0.15, -0.1) is 0 Å². The molecule has 0 radical (unpaired) electrons. The van der Waals surface area contributed by atoms with Crippen LogP contribution in [0, 0.1) is 0 Å². The average molecular weight is 477 g/mol. The van der Waals surface area contributed by atoms with E-state index in [-0.39, 0.29) is 0 Å². The lowest BCUT2D eigenvalue weighted by molar-refractivity contribution is 0.177. The summed E-state index contributed by atoms with van der Waals surface area (Å²) in [6, 6.07) is 11.3. The van der Waals surface area contributed by atoms with Crippen molar-refractivity contribution in [1.29, 1.82) is 0 Å². The molecule has 2 aliphatic heterocycles. The number of hydrogen-bond donors (Lipinski definition) is 0. The molecule has 0 aliphatic carbocycles. The molecule has 7 heteroatoms. The highest BCUT2D eigenvalue weighted by atomic mass is 16.5. The molecule has 7 nitrogen and oxygen atoms in total. The number of methoxy groups -OCH3 is 1. The highest BCUT2D eigenvalue weighted by Gasteiger charge is 2.28. The molecule has 188 valence electrons. The van der Waals surface area contributed by atoms with Gasteiger partial charge in [0, 0.05) is 56.5 Å². The molecule has 2 saturated heterocycles. The summed E-state index contributed by atoms with van der Waals surface area (Å²) < 4.78 is 7.90. The zero-order chi connectivity index (χ0) is 24.2. The summed E-state index contributed by atoms with van der Waals surface area (Å²) in [5.74, 6) is 0.908. The van der Waals surface area contributed by atoms with E-state index in [0.717, 1.165) is 67.9 Å². The van der Waals surface area contributed by atoms with Crippen LogP contribution in [0.3, 0.4) is 0 Å². The van der Waals surface area contributed by atoms with E-state index in [2.05, 4.69) is 63.7 Å². The monoisotopic (exact) mass is 476 g/mol. The number of hydrogen-bond acceptors (Lipinski definition) is 6. The molecule has 5 rings (SSSR count). The predicted molar refractivity (Wildman–Crippen MR) is 142 cm³/mol. The van der Waals surface area contributed by atoms with E-state index in [0.29, 0.717) is 12.1 Å². The highest BCUT2D eigenvalue weighted by Crippen LogP contribution is 2.36. The Kier molecular flexibility index (Phi) is 7.54. The summed E-state index contributed by atoms with van der Waals surface area (Å²) in [5, 5.41) is 6.18. The summed E-state index contributed by atoms with van der Waals surface area (Å²) in [4.78, 5) is 12.5. The highest BCUT2D eigenvalue weighted by molar-refractivity contribution is 5.94. The Balaban J connectivity index is 1.37. The number of aromatic nitrogens is 3. The topological polar surface area (TPSA) is 49.7 Å². The van der Waals surface area contributed by atoms with Crippen molar-refractivity contribution in [3.63, 3.8) is 0 Å². The van der Waals surface area contributed by atoms with Gasteiger partial charge in [-0.3, -0.25) is 14.6 Å². The number of pyridine rings is 1. The van der Waals surface area contributed by atoms with Crippen LogP contribution in [-0.4, -0.2) is 77.5 Å². The van der Waals surface area contributed by atoms with Gasteiger partial charge in [0.25, 0.3) is 0 Å². The molecule has 4 heterocycles. The predicted octanol–water partition coefficient (Wildman–Crippen LogP) is 4.76. The Bertz CT molecular complexity index is 1110. The number of ether oxygens (including phenoxy) is 1. The number of fused-ring (bicyclic) bond motifs is 1. The van der Waals surface area contributed by atoms with E-state index >= 15 is 0 Å². The molecule has 3 aromatic rings. The van der Waals surface area contributed by atoms with Crippen molar-refractivity contribution in [3.05, 3.63) is 48.4 Å². The van der Waals surface area contributed by atoms with Crippen molar-refractivity contribution in [2.24, 2.45) is 0 Å². The molecule has 2 fully saturated rings. The Hall–Kier alpha value is -2.64. The van der Waals surface area contributed by atoms with Crippen molar-refractivity contribution in [2.75, 3.05) is 57.8 Å². The Morgan fingerprint density at radius 2 is 1.80 bits per heavy atom. The molecule has 1 unspecified atom stereocenters. The molecule has 2 aliphatic rings. The maximum Gasteiger partial charge on any atom is 0.144 e. The van der Waals surface area contributed by atoms with Gasteiger partial charge in [0.15, 0.2) is 0 Å². The van der Waals surface area contributed by atoms with Gasteiger partial charge < -0.3 is 14.5 Å². The molecule has 0 saturated carbocycles. The van der Waals surface area contributed by atoms with Gasteiger partial charge >= 0.3 is 0 Å². The van der Waals surface area contributed by atoms with Crippen LogP contribution >= 0.6 is 0 Å². The Morgan fingerprint density at radius 3 is 2.57 bits per heavy atom. The smallest absolute Gasteiger partial charge is 0.144 e. The van der Waals surface area contributed by atoms with Gasteiger partial charge in [-0.2, -0.15) is 5.10 Å². The molecule has 1 aromatic carbocycles. The van der Waals surface area contributed by atoms with Crippen LogP contribution in [0.15, 0.2) is 42.7 Å². The largest absolute Gasteiger partial charge is 0.494 e. The molecule has 35 heavy (non-hydrogen) atoms. The summed E-state index contributed by atoms with van der Waals surface area (Å²) in [5.41, 5.74) is 3.38. The van der Waals surface area contributed by atoms with Gasteiger partial charge in [-0.25, -0.2) is 0 Å². The summed E-state index contributed by atoms with van der Waals surface area (Å²) in [6.07, 6.45) is 8.96. The summed E-state index contributed by atoms with van der Waals surface area (Å²) in [6.45, 7) is 12.1. The number of rotatable bonds is 8. The zero-order valence-electron chi connectivity index (χ0n) is 21.6. The van der Waals surface area contributed by atoms with Crippen LogP contribution < -0.4 is 9.64 Å².